The van der Waals surface area contributed by atoms with Gasteiger partial charge in [-0.3, -0.25) is 0 Å². The van der Waals surface area contributed by atoms with Crippen molar-refractivity contribution >= 4 is 17.1 Å². The molecule has 1 aromatic heterocycles. The van der Waals surface area contributed by atoms with Gasteiger partial charge in [-0.1, -0.05) is 187 Å². The van der Waals surface area contributed by atoms with E-state index in [1.165, 1.54) is 11.1 Å². The second-order valence-electron chi connectivity index (χ2n) is 15.9. The highest BCUT2D eigenvalue weighted by Crippen LogP contribution is 2.48. The molecule has 10 rings (SSSR count). The lowest BCUT2D eigenvalue weighted by Gasteiger charge is -2.31. The quantitative estimate of drug-likeness (QED) is 0.138. The number of rotatable bonds is 10. The van der Waals surface area contributed by atoms with Crippen LogP contribution < -0.4 is 4.90 Å². The number of aryl methyl sites for hydroxylation is 2. The normalized spacial score (nSPS) is 11.0. The van der Waals surface area contributed by atoms with Crippen LogP contribution in [0.15, 0.2) is 231 Å². The summed E-state index contributed by atoms with van der Waals surface area (Å²) in [6, 6.07) is 81.3. The van der Waals surface area contributed by atoms with Crippen molar-refractivity contribution < 1.29 is 0 Å². The van der Waals surface area contributed by atoms with Gasteiger partial charge < -0.3 is 4.90 Å². The van der Waals surface area contributed by atoms with Crippen LogP contribution in [0.2, 0.25) is 0 Å². The van der Waals surface area contributed by atoms with Crippen molar-refractivity contribution in [2.75, 3.05) is 4.90 Å². The first-order valence-electron chi connectivity index (χ1n) is 21.3. The molecule has 0 saturated carbocycles. The Labute approximate surface area is 369 Å². The van der Waals surface area contributed by atoms with E-state index < -0.39 is 0 Å². The number of aromatic nitrogens is 3. The topological polar surface area (TPSA) is 41.9 Å². The predicted octanol–water partition coefficient (Wildman–Crippen LogP) is 15.6. The summed E-state index contributed by atoms with van der Waals surface area (Å²) in [7, 11) is 0. The molecule has 0 aliphatic heterocycles. The Bertz CT molecular complexity index is 2970. The Morgan fingerprint density at radius 3 is 0.952 bits per heavy atom. The average Bonchev–Trinajstić information content (AvgIpc) is 3.36. The maximum absolute atomic E-state index is 5.41. The van der Waals surface area contributed by atoms with Crippen molar-refractivity contribution in [2.24, 2.45) is 0 Å². The van der Waals surface area contributed by atoms with E-state index in [1.54, 1.807) is 0 Å². The zero-order chi connectivity index (χ0) is 42.5. The third-order valence-electron chi connectivity index (χ3n) is 11.4. The van der Waals surface area contributed by atoms with E-state index in [1.807, 2.05) is 18.2 Å². The van der Waals surface area contributed by atoms with Gasteiger partial charge in [-0.05, 0) is 102 Å². The van der Waals surface area contributed by atoms with E-state index in [2.05, 4.69) is 231 Å². The van der Waals surface area contributed by atoms with E-state index in [-0.39, 0.29) is 0 Å². The van der Waals surface area contributed by atoms with Gasteiger partial charge in [-0.25, -0.2) is 15.0 Å². The Morgan fingerprint density at radius 2 is 0.571 bits per heavy atom. The lowest BCUT2D eigenvalue weighted by molar-refractivity contribution is 1.07. The zero-order valence-electron chi connectivity index (χ0n) is 35.2. The number of anilines is 3. The molecule has 63 heavy (non-hydrogen) atoms. The minimum atomic E-state index is 0.586. The molecule has 0 amide bonds. The molecule has 4 heteroatoms. The van der Waals surface area contributed by atoms with Crippen LogP contribution in [-0.4, -0.2) is 15.0 Å². The van der Waals surface area contributed by atoms with Crippen LogP contribution in [0.1, 0.15) is 11.1 Å². The first-order valence-corrected chi connectivity index (χ1v) is 21.3. The molecular formula is C59H44N4. The molecule has 0 bridgehead atoms. The van der Waals surface area contributed by atoms with Crippen molar-refractivity contribution in [3.8, 4) is 78.7 Å². The van der Waals surface area contributed by atoms with Gasteiger partial charge in [0, 0.05) is 39.2 Å². The fourth-order valence-corrected chi connectivity index (χ4v) is 8.18. The van der Waals surface area contributed by atoms with Crippen LogP contribution in [0.3, 0.4) is 0 Å². The second kappa shape index (κ2) is 17.4. The van der Waals surface area contributed by atoms with Gasteiger partial charge in [0.25, 0.3) is 0 Å². The Kier molecular flexibility index (Phi) is 10.8. The van der Waals surface area contributed by atoms with Crippen LogP contribution in [0.4, 0.5) is 17.1 Å². The maximum atomic E-state index is 5.41. The number of hydrogen-bond acceptors (Lipinski definition) is 4. The standard InChI is InChI=1S/C59H44N4/c1-41-28-32-52(33-29-41)63(53-34-30-42(2)31-35-53)56-54(45-22-12-5-13-23-45)39-51(40-55(56)46-24-14-6-15-25-46)59-61-57(47-26-16-7-17-27-47)60-58(62-59)50-37-48(43-18-8-3-9-19-43)36-49(38-50)44-20-10-4-11-21-44/h3-40H,1-2H3. The van der Waals surface area contributed by atoms with Crippen molar-refractivity contribution in [3.05, 3.63) is 242 Å². The molecule has 0 fully saturated rings. The van der Waals surface area contributed by atoms with E-state index in [0.717, 1.165) is 78.3 Å². The molecule has 0 unspecified atom stereocenters. The van der Waals surface area contributed by atoms with Crippen molar-refractivity contribution in [1.82, 2.24) is 15.0 Å². The summed E-state index contributed by atoms with van der Waals surface area (Å²) < 4.78 is 0. The highest BCUT2D eigenvalue weighted by molar-refractivity contribution is 6.00. The van der Waals surface area contributed by atoms with Gasteiger partial charge in [-0.2, -0.15) is 0 Å². The molecule has 0 spiro atoms. The molecule has 10 aromatic rings. The number of benzene rings is 9. The Hall–Kier alpha value is -8.21. The molecule has 0 aliphatic carbocycles. The molecule has 0 N–H and O–H groups in total. The second-order valence-corrected chi connectivity index (χ2v) is 15.9. The molecule has 4 nitrogen and oxygen atoms in total. The van der Waals surface area contributed by atoms with Gasteiger partial charge >= 0.3 is 0 Å². The average molecular weight is 809 g/mol. The number of nitrogens with zero attached hydrogens (tertiary/aromatic N) is 4. The monoisotopic (exact) mass is 808 g/mol. The van der Waals surface area contributed by atoms with Gasteiger partial charge in [-0.15, -0.1) is 0 Å². The Morgan fingerprint density at radius 1 is 0.270 bits per heavy atom. The minimum absolute atomic E-state index is 0.586. The molecule has 0 radical (unpaired) electrons. The van der Waals surface area contributed by atoms with Gasteiger partial charge in [0.2, 0.25) is 0 Å². The summed E-state index contributed by atoms with van der Waals surface area (Å²) in [6.45, 7) is 4.26. The lowest BCUT2D eigenvalue weighted by atomic mass is 9.91. The molecule has 300 valence electrons. The van der Waals surface area contributed by atoms with E-state index in [4.69, 9.17) is 15.0 Å². The number of hydrogen-bond donors (Lipinski definition) is 0. The van der Waals surface area contributed by atoms with E-state index in [0.29, 0.717) is 17.5 Å². The van der Waals surface area contributed by atoms with Gasteiger partial charge in [0.15, 0.2) is 17.5 Å². The third-order valence-corrected chi connectivity index (χ3v) is 11.4. The highest BCUT2D eigenvalue weighted by Gasteiger charge is 2.25. The first-order chi connectivity index (χ1) is 31.0. The summed E-state index contributed by atoms with van der Waals surface area (Å²) in [5.41, 5.74) is 17.0. The summed E-state index contributed by atoms with van der Waals surface area (Å²) >= 11 is 0. The maximum Gasteiger partial charge on any atom is 0.164 e. The lowest BCUT2D eigenvalue weighted by Crippen LogP contribution is -2.13. The van der Waals surface area contributed by atoms with Crippen LogP contribution in [0.25, 0.3) is 78.7 Å². The highest BCUT2D eigenvalue weighted by atomic mass is 15.1. The molecular weight excluding hydrogens is 765 g/mol. The molecule has 0 atom stereocenters. The smallest absolute Gasteiger partial charge is 0.164 e. The Balaban J connectivity index is 1.26. The van der Waals surface area contributed by atoms with Crippen molar-refractivity contribution in [3.63, 3.8) is 0 Å². The molecule has 9 aromatic carbocycles. The molecule has 0 aliphatic rings. The zero-order valence-corrected chi connectivity index (χ0v) is 35.2. The fraction of sp³-hybridized carbons (Fsp3) is 0.0339. The van der Waals surface area contributed by atoms with E-state index in [9.17, 15) is 0 Å². The van der Waals surface area contributed by atoms with Crippen LogP contribution in [0, 0.1) is 13.8 Å². The summed E-state index contributed by atoms with van der Waals surface area (Å²) in [5, 5.41) is 0. The first kappa shape index (κ1) is 39.0. The largest absolute Gasteiger partial charge is 0.309 e. The summed E-state index contributed by atoms with van der Waals surface area (Å²) in [5.74, 6) is 1.79. The van der Waals surface area contributed by atoms with Crippen LogP contribution in [0.5, 0.6) is 0 Å². The molecule has 1 heterocycles. The van der Waals surface area contributed by atoms with Crippen molar-refractivity contribution in [1.29, 1.82) is 0 Å². The van der Waals surface area contributed by atoms with Crippen molar-refractivity contribution in [2.45, 2.75) is 13.8 Å². The van der Waals surface area contributed by atoms with Gasteiger partial charge in [0.1, 0.15) is 0 Å². The third kappa shape index (κ3) is 8.31. The fourth-order valence-electron chi connectivity index (χ4n) is 8.18. The molecule has 0 saturated heterocycles. The summed E-state index contributed by atoms with van der Waals surface area (Å²) in [4.78, 5) is 18.3. The van der Waals surface area contributed by atoms with Crippen LogP contribution in [-0.2, 0) is 0 Å². The van der Waals surface area contributed by atoms with Gasteiger partial charge in [0.05, 0.1) is 5.69 Å². The minimum Gasteiger partial charge on any atom is -0.309 e. The summed E-state index contributed by atoms with van der Waals surface area (Å²) in [6.07, 6.45) is 0. The predicted molar refractivity (Wildman–Crippen MR) is 262 cm³/mol. The van der Waals surface area contributed by atoms with E-state index >= 15 is 0 Å². The van der Waals surface area contributed by atoms with Crippen LogP contribution >= 0.6 is 0 Å². The SMILES string of the molecule is Cc1ccc(N(c2ccc(C)cc2)c2c(-c3ccccc3)cc(-c3nc(-c4ccccc4)nc(-c4cc(-c5ccccc5)cc(-c5ccccc5)c4)n3)cc2-c2ccccc2)cc1.